The number of methoxy groups -OCH3 is 1. The number of ether oxygens (including phenoxy) is 1. The van der Waals surface area contributed by atoms with E-state index in [0.717, 1.165) is 29.2 Å². The van der Waals surface area contributed by atoms with E-state index in [2.05, 4.69) is 40.0 Å². The second-order valence-corrected chi connectivity index (χ2v) is 5.18. The predicted molar refractivity (Wildman–Crippen MR) is 84.5 cm³/mol. The van der Waals surface area contributed by atoms with Crippen LogP contribution in [0.15, 0.2) is 42.6 Å². The second-order valence-electron chi connectivity index (χ2n) is 5.18. The summed E-state index contributed by atoms with van der Waals surface area (Å²) < 4.78 is 7.50. The lowest BCUT2D eigenvalue weighted by molar-refractivity contribution is 0.413. The lowest BCUT2D eigenvalue weighted by Crippen LogP contribution is -2.03. The maximum absolute atomic E-state index is 5.73. The maximum atomic E-state index is 5.73. The molecule has 0 aliphatic rings. The first kappa shape index (κ1) is 13.6. The van der Waals surface area contributed by atoms with Gasteiger partial charge in [0.2, 0.25) is 0 Å². The molecule has 3 aromatic rings. The Labute approximate surface area is 124 Å². The fourth-order valence-electron chi connectivity index (χ4n) is 2.57. The van der Waals surface area contributed by atoms with Crippen molar-refractivity contribution in [2.45, 2.75) is 20.0 Å². The van der Waals surface area contributed by atoms with Crippen LogP contribution in [0.1, 0.15) is 17.0 Å². The predicted octanol–water partition coefficient (Wildman–Crippen LogP) is 2.86. The molecule has 0 radical (unpaired) electrons. The summed E-state index contributed by atoms with van der Waals surface area (Å²) in [5, 5.41) is 1.21. The fraction of sp³-hybridized carbons (Fsp3) is 0.235. The van der Waals surface area contributed by atoms with Crippen LogP contribution in [0.5, 0.6) is 5.75 Å². The van der Waals surface area contributed by atoms with E-state index in [0.29, 0.717) is 6.54 Å². The lowest BCUT2D eigenvalue weighted by atomic mass is 10.1. The highest BCUT2D eigenvalue weighted by molar-refractivity contribution is 5.80. The molecule has 4 heteroatoms. The van der Waals surface area contributed by atoms with Crippen molar-refractivity contribution in [1.82, 2.24) is 9.55 Å². The summed E-state index contributed by atoms with van der Waals surface area (Å²) in [6.07, 6.45) is 2.08. The van der Waals surface area contributed by atoms with E-state index in [1.165, 1.54) is 10.9 Å². The number of hydrogen-bond donors (Lipinski definition) is 1. The molecule has 2 aromatic heterocycles. The largest absolute Gasteiger partial charge is 0.497 e. The average Bonchev–Trinajstić information content (AvgIpc) is 2.88. The van der Waals surface area contributed by atoms with Gasteiger partial charge in [0.15, 0.2) is 0 Å². The lowest BCUT2D eigenvalue weighted by Gasteiger charge is -2.09. The van der Waals surface area contributed by atoms with Gasteiger partial charge in [-0.05, 0) is 30.0 Å². The van der Waals surface area contributed by atoms with E-state index >= 15 is 0 Å². The summed E-state index contributed by atoms with van der Waals surface area (Å²) in [4.78, 5) is 4.58. The zero-order valence-electron chi connectivity index (χ0n) is 12.3. The molecule has 0 aliphatic heterocycles. The highest BCUT2D eigenvalue weighted by atomic mass is 16.5. The molecular weight excluding hydrogens is 262 g/mol. The molecule has 2 heterocycles. The summed E-state index contributed by atoms with van der Waals surface area (Å²) in [6, 6.07) is 12.3. The van der Waals surface area contributed by atoms with Crippen molar-refractivity contribution in [2.24, 2.45) is 5.73 Å². The monoisotopic (exact) mass is 281 g/mol. The van der Waals surface area contributed by atoms with Crippen LogP contribution in [-0.2, 0) is 13.1 Å². The molecule has 0 spiro atoms. The molecule has 3 rings (SSSR count). The Morgan fingerprint density at radius 2 is 2.05 bits per heavy atom. The number of nitrogens with two attached hydrogens (primary N) is 1. The van der Waals surface area contributed by atoms with Crippen LogP contribution in [0, 0.1) is 6.92 Å². The SMILES string of the molecule is COc1cc(C)nc(Cn2ccc3ccc(CN)cc32)c1. The molecular formula is C17H19N3O. The highest BCUT2D eigenvalue weighted by Crippen LogP contribution is 2.20. The number of aryl methyl sites for hydroxylation is 1. The Balaban J connectivity index is 1.99. The number of pyridine rings is 1. The number of benzene rings is 1. The number of rotatable bonds is 4. The number of hydrogen-bond acceptors (Lipinski definition) is 3. The van der Waals surface area contributed by atoms with Crippen molar-refractivity contribution in [3.05, 3.63) is 59.5 Å². The van der Waals surface area contributed by atoms with E-state index in [9.17, 15) is 0 Å². The van der Waals surface area contributed by atoms with E-state index in [1.807, 2.05) is 19.1 Å². The van der Waals surface area contributed by atoms with Crippen LogP contribution in [0.25, 0.3) is 10.9 Å². The van der Waals surface area contributed by atoms with Crippen LogP contribution < -0.4 is 10.5 Å². The van der Waals surface area contributed by atoms with Crippen molar-refractivity contribution < 1.29 is 4.74 Å². The summed E-state index contributed by atoms with van der Waals surface area (Å²) in [5.74, 6) is 0.844. The van der Waals surface area contributed by atoms with Gasteiger partial charge < -0.3 is 15.0 Å². The van der Waals surface area contributed by atoms with Gasteiger partial charge in [0.25, 0.3) is 0 Å². The topological polar surface area (TPSA) is 53.1 Å². The van der Waals surface area contributed by atoms with Crippen LogP contribution in [0.3, 0.4) is 0 Å². The number of nitrogens with zero attached hydrogens (tertiary/aromatic N) is 2. The molecule has 0 aliphatic carbocycles. The molecule has 0 bridgehead atoms. The smallest absolute Gasteiger partial charge is 0.122 e. The van der Waals surface area contributed by atoms with E-state index in [4.69, 9.17) is 10.5 Å². The third-order valence-electron chi connectivity index (χ3n) is 3.62. The minimum atomic E-state index is 0.553. The first-order chi connectivity index (χ1) is 10.2. The van der Waals surface area contributed by atoms with Gasteiger partial charge in [0, 0.05) is 36.1 Å². The molecule has 0 fully saturated rings. The quantitative estimate of drug-likeness (QED) is 0.800. The summed E-state index contributed by atoms with van der Waals surface area (Å²) >= 11 is 0. The van der Waals surface area contributed by atoms with Crippen LogP contribution in [0.2, 0.25) is 0 Å². The molecule has 0 saturated carbocycles. The van der Waals surface area contributed by atoms with Crippen molar-refractivity contribution in [1.29, 1.82) is 0 Å². The zero-order chi connectivity index (χ0) is 14.8. The molecule has 21 heavy (non-hydrogen) atoms. The Morgan fingerprint density at radius 3 is 2.81 bits per heavy atom. The Bertz CT molecular complexity index is 777. The van der Waals surface area contributed by atoms with Crippen molar-refractivity contribution in [3.8, 4) is 5.75 Å². The van der Waals surface area contributed by atoms with Gasteiger partial charge in [-0.2, -0.15) is 0 Å². The first-order valence-electron chi connectivity index (χ1n) is 6.99. The summed E-state index contributed by atoms with van der Waals surface area (Å²) in [7, 11) is 1.68. The second kappa shape index (κ2) is 5.58. The number of aromatic nitrogens is 2. The van der Waals surface area contributed by atoms with Gasteiger partial charge in [-0.25, -0.2) is 0 Å². The normalized spacial score (nSPS) is 11.0. The molecule has 1 aromatic carbocycles. The van der Waals surface area contributed by atoms with Gasteiger partial charge in [-0.3, -0.25) is 4.98 Å². The first-order valence-corrected chi connectivity index (χ1v) is 6.99. The fourth-order valence-corrected chi connectivity index (χ4v) is 2.57. The van der Waals surface area contributed by atoms with Gasteiger partial charge in [0.05, 0.1) is 19.3 Å². The third-order valence-corrected chi connectivity index (χ3v) is 3.62. The van der Waals surface area contributed by atoms with Gasteiger partial charge in [-0.15, -0.1) is 0 Å². The van der Waals surface area contributed by atoms with Crippen LogP contribution >= 0.6 is 0 Å². The minimum Gasteiger partial charge on any atom is -0.497 e. The Kier molecular flexibility index (Phi) is 3.62. The van der Waals surface area contributed by atoms with Gasteiger partial charge in [-0.1, -0.05) is 12.1 Å². The number of fused-ring (bicyclic) bond motifs is 1. The van der Waals surface area contributed by atoms with E-state index in [-0.39, 0.29) is 0 Å². The highest BCUT2D eigenvalue weighted by Gasteiger charge is 2.06. The Hall–Kier alpha value is -2.33. The molecule has 108 valence electrons. The van der Waals surface area contributed by atoms with Crippen LogP contribution in [0.4, 0.5) is 0 Å². The van der Waals surface area contributed by atoms with Crippen molar-refractivity contribution in [2.75, 3.05) is 7.11 Å². The third kappa shape index (κ3) is 2.76. The van der Waals surface area contributed by atoms with E-state index < -0.39 is 0 Å². The van der Waals surface area contributed by atoms with Gasteiger partial charge >= 0.3 is 0 Å². The minimum absolute atomic E-state index is 0.553. The molecule has 4 nitrogen and oxygen atoms in total. The molecule has 0 atom stereocenters. The maximum Gasteiger partial charge on any atom is 0.122 e. The molecule has 0 unspecified atom stereocenters. The zero-order valence-corrected chi connectivity index (χ0v) is 12.3. The van der Waals surface area contributed by atoms with Crippen LogP contribution in [-0.4, -0.2) is 16.7 Å². The molecule has 0 saturated heterocycles. The summed E-state index contributed by atoms with van der Waals surface area (Å²) in [6.45, 7) is 3.25. The Morgan fingerprint density at radius 1 is 1.19 bits per heavy atom. The van der Waals surface area contributed by atoms with Crippen molar-refractivity contribution >= 4 is 10.9 Å². The van der Waals surface area contributed by atoms with E-state index in [1.54, 1.807) is 7.11 Å². The molecule has 2 N–H and O–H groups in total. The van der Waals surface area contributed by atoms with Crippen molar-refractivity contribution in [3.63, 3.8) is 0 Å². The summed E-state index contributed by atoms with van der Waals surface area (Å²) in [5.41, 5.74) is 10.00. The van der Waals surface area contributed by atoms with Gasteiger partial charge in [0.1, 0.15) is 5.75 Å². The average molecular weight is 281 g/mol. The molecule has 0 amide bonds. The standard InChI is InChI=1S/C17H19N3O/c1-12-7-16(21-2)9-15(19-12)11-20-6-5-14-4-3-13(10-18)8-17(14)20/h3-9H,10-11,18H2,1-2H3.